The number of hydrogen-bond acceptors (Lipinski definition) is 5. The first-order valence-corrected chi connectivity index (χ1v) is 19.2. The number of rotatable bonds is 12. The second-order valence-electron chi connectivity index (χ2n) is 14.6. The van der Waals surface area contributed by atoms with E-state index >= 15 is 35.1 Å². The van der Waals surface area contributed by atoms with Crippen LogP contribution in [0.1, 0.15) is 22.8 Å². The average Bonchev–Trinajstić information content (AvgIpc) is 3.35. The van der Waals surface area contributed by atoms with Crippen molar-refractivity contribution in [2.24, 2.45) is 0 Å². The summed E-state index contributed by atoms with van der Waals surface area (Å²) in [4.78, 5) is 15.9. The van der Waals surface area contributed by atoms with Crippen LogP contribution in [0.5, 0.6) is 0 Å². The molecule has 0 atom stereocenters. The van der Waals surface area contributed by atoms with Gasteiger partial charge in [-0.2, -0.15) is 0 Å². The van der Waals surface area contributed by atoms with E-state index < -0.39 is 144 Å². The molecule has 71 heavy (non-hydrogen) atoms. The molecule has 3 heterocycles. The summed E-state index contributed by atoms with van der Waals surface area (Å²) in [7, 11) is 1.68. The van der Waals surface area contributed by atoms with Gasteiger partial charge in [0.25, 0.3) is 0 Å². The van der Waals surface area contributed by atoms with E-state index in [9.17, 15) is 52.7 Å². The summed E-state index contributed by atoms with van der Waals surface area (Å²) < 4.78 is 299. The number of methoxy groups -OCH3 is 1. The first kappa shape index (κ1) is 55.4. The van der Waals surface area contributed by atoms with E-state index in [-0.39, 0.29) is 17.1 Å². The van der Waals surface area contributed by atoms with Gasteiger partial charge in [0.2, 0.25) is 0 Å². The fraction of sp³-hybridized carbons (Fsp3) is 0.114. The minimum absolute atomic E-state index is 0. The van der Waals surface area contributed by atoms with E-state index in [1.165, 1.54) is 0 Å². The molecule has 5 nitrogen and oxygen atoms in total. The first-order valence-electron chi connectivity index (χ1n) is 19.2. The van der Waals surface area contributed by atoms with Crippen molar-refractivity contribution in [3.8, 4) is 0 Å². The summed E-state index contributed by atoms with van der Waals surface area (Å²) in [5.41, 5.74) is -10.3. The fourth-order valence-corrected chi connectivity index (χ4v) is 7.56. The van der Waals surface area contributed by atoms with Crippen LogP contribution in [-0.2, 0) is 48.0 Å². The van der Waals surface area contributed by atoms with Gasteiger partial charge in [0.15, 0.2) is 69.8 Å². The average molecular weight is 1080 g/mol. The van der Waals surface area contributed by atoms with Crippen LogP contribution in [-0.4, -0.2) is 33.1 Å². The van der Waals surface area contributed by atoms with Crippen LogP contribution in [0.4, 0.5) is 87.8 Å². The molecule has 0 aliphatic rings. The smallest absolute Gasteiger partial charge is 0.378 e. The zero-order valence-electron chi connectivity index (χ0n) is 34.8. The normalized spacial score (nSPS) is 11.5. The molecule has 378 valence electrons. The Balaban J connectivity index is 0.000000304. The number of benzene rings is 4. The maximum absolute atomic E-state index is 15.4. The molecule has 4 aromatic carbocycles. The van der Waals surface area contributed by atoms with E-state index in [0.29, 0.717) is 6.61 Å². The molecule has 7 aromatic rings. The zero-order valence-corrected chi connectivity index (χ0v) is 35.8. The summed E-state index contributed by atoms with van der Waals surface area (Å²) in [6, 6.07) is 18.0. The molecule has 0 saturated carbocycles. The van der Waals surface area contributed by atoms with Crippen LogP contribution in [0, 0.1) is 116 Å². The number of aromatic nitrogens is 3. The number of ether oxygens (including phenoxy) is 1. The molecule has 0 fully saturated rings. The zero-order chi connectivity index (χ0) is 51.7. The largest absolute Gasteiger partial charge is 1.00 e. The van der Waals surface area contributed by atoms with Crippen LogP contribution in [0.15, 0.2) is 67.0 Å². The molecule has 0 saturated heterocycles. The molecule has 0 unspecified atom stereocenters. The van der Waals surface area contributed by atoms with Gasteiger partial charge in [-0.1, -0.05) is 18.2 Å². The van der Waals surface area contributed by atoms with Crippen molar-refractivity contribution >= 4 is 28.0 Å². The van der Waals surface area contributed by atoms with Gasteiger partial charge >= 0.3 is 17.1 Å². The molecule has 7 rings (SSSR count). The van der Waals surface area contributed by atoms with Crippen molar-refractivity contribution in [3.63, 3.8) is 0 Å². The minimum atomic E-state index is -7.22. The molecule has 3 aromatic heterocycles. The SMILES string of the molecule is COCc1cccc(CN(Cc2ccccn2)Cc2ccccn2)n1.Fc1c(F)c(F)c([B-](c2c(F)c(F)c(F)c(F)c2F)(c2c(F)c(F)c(F)c(F)c2F)c2c(F)c(F)c(F)c(F)c2F)c(F)c1F.[Cu+]. The van der Waals surface area contributed by atoms with E-state index in [0.717, 1.165) is 42.4 Å². The molecule has 0 aliphatic heterocycles. The Morgan fingerprint density at radius 2 is 0.606 bits per heavy atom. The van der Waals surface area contributed by atoms with Crippen molar-refractivity contribution in [2.45, 2.75) is 26.2 Å². The van der Waals surface area contributed by atoms with Crippen molar-refractivity contribution in [2.75, 3.05) is 7.11 Å². The standard InChI is InChI=1S/C24BF20.C20H22N4O.Cu/c26-5-1(6(27)14(35)21(42)13(5)34)25(2-7(28)15(36)22(43)16(37)8(2)29,3-9(30)17(38)23(44)18(39)10(3)31)4-11(32)19(40)24(45)20(41)12(4)33;1-25-16-20-10-6-9-19(23-20)15-24(13-17-7-2-4-11-21-17)14-18-8-3-5-12-22-18;/h;2-12H,13-16H2,1H3;/q-1;;+1. The molecule has 0 bridgehead atoms. The molecule has 0 spiro atoms. The van der Waals surface area contributed by atoms with Gasteiger partial charge in [-0.05, 0) is 36.4 Å². The van der Waals surface area contributed by atoms with Gasteiger partial charge < -0.3 is 4.74 Å². The van der Waals surface area contributed by atoms with E-state index in [4.69, 9.17) is 4.74 Å². The summed E-state index contributed by atoms with van der Waals surface area (Å²) >= 11 is 0. The molecule has 27 heteroatoms. The molecule has 0 aliphatic carbocycles. The Morgan fingerprint density at radius 3 is 0.873 bits per heavy atom. The predicted octanol–water partition coefficient (Wildman–Crippen LogP) is 9.06. The van der Waals surface area contributed by atoms with Crippen molar-refractivity contribution < 1.29 is 110 Å². The number of pyridine rings is 3. The number of hydrogen-bond donors (Lipinski definition) is 0. The molecule has 0 amide bonds. The molecular formula is C44H22BCuF20N4O. The summed E-state index contributed by atoms with van der Waals surface area (Å²) in [5, 5.41) is 0. The van der Waals surface area contributed by atoms with Gasteiger partial charge in [0, 0.05) is 39.1 Å². The van der Waals surface area contributed by atoms with Crippen LogP contribution in [0.25, 0.3) is 0 Å². The fourth-order valence-electron chi connectivity index (χ4n) is 7.56. The second kappa shape index (κ2) is 22.2. The Hall–Kier alpha value is -6.57. The summed E-state index contributed by atoms with van der Waals surface area (Å²) in [6.07, 6.45) is -3.57. The Morgan fingerprint density at radius 1 is 0.352 bits per heavy atom. The van der Waals surface area contributed by atoms with Crippen LogP contribution >= 0.6 is 0 Å². The Bertz CT molecular complexity index is 2700. The van der Waals surface area contributed by atoms with Crippen molar-refractivity contribution in [1.29, 1.82) is 0 Å². The third-order valence-corrected chi connectivity index (χ3v) is 10.5. The Labute approximate surface area is 396 Å². The summed E-state index contributed by atoms with van der Waals surface area (Å²) in [5.74, 6) is -71.4. The Kier molecular flexibility index (Phi) is 17.3. The molecule has 0 N–H and O–H groups in total. The third-order valence-electron chi connectivity index (χ3n) is 10.5. The topological polar surface area (TPSA) is 51.1 Å². The second-order valence-corrected chi connectivity index (χ2v) is 14.6. The van der Waals surface area contributed by atoms with Crippen molar-refractivity contribution in [1.82, 2.24) is 19.9 Å². The van der Waals surface area contributed by atoms with E-state index in [1.807, 2.05) is 67.0 Å². The number of nitrogens with zero attached hydrogens (tertiary/aromatic N) is 4. The van der Waals surface area contributed by atoms with E-state index in [1.54, 1.807) is 7.11 Å². The third kappa shape index (κ3) is 10.0. The van der Waals surface area contributed by atoms with Gasteiger partial charge in [-0.3, -0.25) is 19.9 Å². The van der Waals surface area contributed by atoms with Crippen molar-refractivity contribution in [3.05, 3.63) is 206 Å². The molecular weight excluding hydrogens is 1050 g/mol. The van der Waals surface area contributed by atoms with Gasteiger partial charge in [-0.15, -0.1) is 21.9 Å². The molecule has 0 radical (unpaired) electrons. The van der Waals surface area contributed by atoms with Gasteiger partial charge in [-0.25, -0.2) is 87.8 Å². The maximum Gasteiger partial charge on any atom is 1.00 e. The minimum Gasteiger partial charge on any atom is -0.378 e. The predicted molar refractivity (Wildman–Crippen MR) is 206 cm³/mol. The maximum atomic E-state index is 15.4. The number of halogens is 20. The van der Waals surface area contributed by atoms with Gasteiger partial charge in [0.1, 0.15) is 52.7 Å². The first-order chi connectivity index (χ1) is 33.0. The monoisotopic (exact) mass is 1080 g/mol. The van der Waals surface area contributed by atoms with Crippen LogP contribution in [0.3, 0.4) is 0 Å². The quantitative estimate of drug-likeness (QED) is 0.0530. The van der Waals surface area contributed by atoms with Crippen LogP contribution < -0.4 is 21.9 Å². The van der Waals surface area contributed by atoms with E-state index in [2.05, 4.69) is 19.9 Å². The van der Waals surface area contributed by atoms with Crippen LogP contribution in [0.2, 0.25) is 0 Å². The van der Waals surface area contributed by atoms with Gasteiger partial charge in [0.05, 0.1) is 29.4 Å². The summed E-state index contributed by atoms with van der Waals surface area (Å²) in [6.45, 7) is 2.74.